The summed E-state index contributed by atoms with van der Waals surface area (Å²) in [5, 5.41) is 0. The quantitative estimate of drug-likeness (QED) is 0.618. The van der Waals surface area contributed by atoms with Crippen molar-refractivity contribution in [1.82, 2.24) is 4.98 Å². The fourth-order valence-electron chi connectivity index (χ4n) is 1.13. The van der Waals surface area contributed by atoms with Gasteiger partial charge in [-0.05, 0) is 23.3 Å². The number of nitrogens with zero attached hydrogens (tertiary/aromatic N) is 1. The summed E-state index contributed by atoms with van der Waals surface area (Å²) in [6.45, 7) is 0. The third-order valence-electron chi connectivity index (χ3n) is 1.73. The van der Waals surface area contributed by atoms with Gasteiger partial charge in [-0.15, -0.1) is 0 Å². The van der Waals surface area contributed by atoms with Crippen LogP contribution in [0.5, 0.6) is 0 Å². The van der Waals surface area contributed by atoms with Gasteiger partial charge in [-0.3, -0.25) is 4.98 Å². The lowest BCUT2D eigenvalue weighted by atomic mass is 10.1. The summed E-state index contributed by atoms with van der Waals surface area (Å²) in [6, 6.07) is 13.7. The van der Waals surface area contributed by atoms with Gasteiger partial charge in [0.25, 0.3) is 0 Å². The van der Waals surface area contributed by atoms with E-state index in [1.807, 2.05) is 36.4 Å². The monoisotopic (exact) mass is 156 g/mol. The van der Waals surface area contributed by atoms with E-state index in [2.05, 4.69) is 4.98 Å². The van der Waals surface area contributed by atoms with Crippen molar-refractivity contribution in [3.8, 4) is 11.1 Å². The molecule has 2 aromatic rings. The molecule has 12 heavy (non-hydrogen) atoms. The number of hydrogen-bond acceptors (Lipinski definition) is 1. The number of hydrogen-bond donors (Lipinski definition) is 0. The second-order valence-electron chi connectivity index (χ2n) is 2.54. The van der Waals surface area contributed by atoms with Crippen LogP contribution in [0.2, 0.25) is 0 Å². The van der Waals surface area contributed by atoms with E-state index in [9.17, 15) is 0 Å². The Balaban J connectivity index is 2.48. The lowest BCUT2D eigenvalue weighted by molar-refractivity contribution is 1.33. The summed E-state index contributed by atoms with van der Waals surface area (Å²) in [5.74, 6) is 0. The maximum atomic E-state index is 7.37. The van der Waals surface area contributed by atoms with Gasteiger partial charge >= 0.3 is 0 Å². The number of pyridine rings is 1. The van der Waals surface area contributed by atoms with Gasteiger partial charge in [-0.25, -0.2) is 0 Å². The van der Waals surface area contributed by atoms with Crippen molar-refractivity contribution in [2.45, 2.75) is 0 Å². The van der Waals surface area contributed by atoms with Crippen molar-refractivity contribution in [2.24, 2.45) is 0 Å². The molecule has 0 atom stereocenters. The molecule has 0 N–H and O–H groups in total. The smallest absolute Gasteiger partial charge is 0.0840 e. The second-order valence-corrected chi connectivity index (χ2v) is 2.54. The van der Waals surface area contributed by atoms with Crippen LogP contribution in [0.1, 0.15) is 1.37 Å². The number of rotatable bonds is 1. The minimum atomic E-state index is 0.307. The first-order chi connectivity index (χ1) is 6.36. The van der Waals surface area contributed by atoms with Crippen LogP contribution in [0.25, 0.3) is 11.1 Å². The van der Waals surface area contributed by atoms with Crippen molar-refractivity contribution < 1.29 is 1.37 Å². The van der Waals surface area contributed by atoms with Crippen LogP contribution in [0.3, 0.4) is 0 Å². The summed E-state index contributed by atoms with van der Waals surface area (Å²) in [6.07, 6.45) is 1.96. The molecule has 0 aliphatic heterocycles. The third kappa shape index (κ3) is 1.35. The van der Waals surface area contributed by atoms with E-state index in [-0.39, 0.29) is 0 Å². The van der Waals surface area contributed by atoms with Crippen LogP contribution < -0.4 is 0 Å². The van der Waals surface area contributed by atoms with Crippen LogP contribution >= 0.6 is 0 Å². The topological polar surface area (TPSA) is 12.9 Å². The fourth-order valence-corrected chi connectivity index (χ4v) is 1.13. The van der Waals surface area contributed by atoms with Crippen molar-refractivity contribution in [3.63, 3.8) is 0 Å². The molecule has 0 fully saturated rings. The first kappa shape index (κ1) is 5.95. The highest BCUT2D eigenvalue weighted by Crippen LogP contribution is 2.16. The molecule has 1 aromatic heterocycles. The molecule has 2 rings (SSSR count). The van der Waals surface area contributed by atoms with Crippen LogP contribution in [0.15, 0.2) is 54.8 Å². The van der Waals surface area contributed by atoms with Crippen LogP contribution in [-0.4, -0.2) is 4.98 Å². The van der Waals surface area contributed by atoms with E-state index in [1.165, 1.54) is 0 Å². The standard InChI is InChI=1S/C11H9N/c1-2-4-10(5-3-1)11-6-8-12-9-7-11/h1-9H/i8D. The molecule has 0 amide bonds. The molecular weight excluding hydrogens is 146 g/mol. The van der Waals surface area contributed by atoms with Crippen molar-refractivity contribution in [1.29, 1.82) is 0 Å². The molecule has 0 saturated heterocycles. The van der Waals surface area contributed by atoms with Crippen molar-refractivity contribution in [3.05, 3.63) is 54.8 Å². The van der Waals surface area contributed by atoms with Gasteiger partial charge in [-0.1, -0.05) is 30.3 Å². The Labute approximate surface area is 73.1 Å². The van der Waals surface area contributed by atoms with Crippen LogP contribution in [0.4, 0.5) is 0 Å². The van der Waals surface area contributed by atoms with Crippen LogP contribution in [-0.2, 0) is 0 Å². The lowest BCUT2D eigenvalue weighted by Gasteiger charge is -1.98. The molecule has 1 nitrogen and oxygen atoms in total. The first-order valence-corrected chi connectivity index (χ1v) is 3.84. The minimum absolute atomic E-state index is 0.307. The number of aromatic nitrogens is 1. The zero-order chi connectivity index (χ0) is 9.10. The normalized spacial score (nSPS) is 10.8. The van der Waals surface area contributed by atoms with Crippen molar-refractivity contribution >= 4 is 0 Å². The molecule has 0 unspecified atom stereocenters. The molecule has 0 bridgehead atoms. The maximum Gasteiger partial charge on any atom is 0.0840 e. The largest absolute Gasteiger partial charge is 0.265 e. The predicted molar refractivity (Wildman–Crippen MR) is 49.7 cm³/mol. The highest BCUT2D eigenvalue weighted by Gasteiger charge is 1.92. The fraction of sp³-hybridized carbons (Fsp3) is 0. The Morgan fingerprint density at radius 2 is 1.67 bits per heavy atom. The van der Waals surface area contributed by atoms with E-state index >= 15 is 0 Å². The zero-order valence-corrected chi connectivity index (χ0v) is 6.57. The highest BCUT2D eigenvalue weighted by molar-refractivity contribution is 5.62. The summed E-state index contributed by atoms with van der Waals surface area (Å²) < 4.78 is 7.37. The third-order valence-corrected chi connectivity index (χ3v) is 1.73. The Morgan fingerprint density at radius 1 is 0.917 bits per heavy atom. The van der Waals surface area contributed by atoms with E-state index in [1.54, 1.807) is 12.3 Å². The summed E-state index contributed by atoms with van der Waals surface area (Å²) >= 11 is 0. The van der Waals surface area contributed by atoms with E-state index in [4.69, 9.17) is 1.37 Å². The molecule has 1 heterocycles. The van der Waals surface area contributed by atoms with Gasteiger partial charge in [0, 0.05) is 12.4 Å². The zero-order valence-electron chi connectivity index (χ0n) is 7.57. The number of benzene rings is 1. The van der Waals surface area contributed by atoms with E-state index < -0.39 is 0 Å². The average Bonchev–Trinajstić information content (AvgIpc) is 2.19. The Bertz CT molecular complexity index is 398. The molecular formula is C11H9N. The summed E-state index contributed by atoms with van der Waals surface area (Å²) in [7, 11) is 0. The molecule has 1 aromatic carbocycles. The molecule has 0 aliphatic rings. The van der Waals surface area contributed by atoms with Gasteiger partial charge in [0.15, 0.2) is 0 Å². The first-order valence-electron chi connectivity index (χ1n) is 4.34. The molecule has 0 saturated carbocycles. The van der Waals surface area contributed by atoms with Gasteiger partial charge in [-0.2, -0.15) is 0 Å². The van der Waals surface area contributed by atoms with Crippen molar-refractivity contribution in [2.75, 3.05) is 0 Å². The lowest BCUT2D eigenvalue weighted by Crippen LogP contribution is -1.76. The van der Waals surface area contributed by atoms with E-state index in [0.29, 0.717) is 6.17 Å². The highest BCUT2D eigenvalue weighted by atomic mass is 14.6. The SMILES string of the molecule is [2H]c1cc(-c2ccccc2)ccn1. The summed E-state index contributed by atoms with van der Waals surface area (Å²) in [4.78, 5) is 3.83. The molecule has 0 spiro atoms. The molecule has 0 aliphatic carbocycles. The Morgan fingerprint density at radius 3 is 2.42 bits per heavy atom. The molecule has 58 valence electrons. The maximum absolute atomic E-state index is 7.37. The second kappa shape index (κ2) is 3.18. The summed E-state index contributed by atoms with van der Waals surface area (Å²) in [5.41, 5.74) is 2.17. The Hall–Kier alpha value is -1.63. The predicted octanol–water partition coefficient (Wildman–Crippen LogP) is 2.75. The van der Waals surface area contributed by atoms with Gasteiger partial charge in [0.2, 0.25) is 0 Å². The van der Waals surface area contributed by atoms with Gasteiger partial charge in [0.1, 0.15) is 0 Å². The average molecular weight is 156 g/mol. The van der Waals surface area contributed by atoms with E-state index in [0.717, 1.165) is 11.1 Å². The molecule has 0 radical (unpaired) electrons. The van der Waals surface area contributed by atoms with Gasteiger partial charge < -0.3 is 0 Å². The Kier molecular flexibility index (Phi) is 1.58. The van der Waals surface area contributed by atoms with Crippen LogP contribution in [0, 0.1) is 0 Å². The minimum Gasteiger partial charge on any atom is -0.265 e. The molecule has 1 heteroatoms. The van der Waals surface area contributed by atoms with Gasteiger partial charge in [0.05, 0.1) is 1.37 Å².